The zero-order valence-electron chi connectivity index (χ0n) is 9.45. The van der Waals surface area contributed by atoms with Crippen molar-refractivity contribution in [1.29, 1.82) is 0 Å². The number of nitrogens with zero attached hydrogens (tertiary/aromatic N) is 1. The van der Waals surface area contributed by atoms with Gasteiger partial charge in [-0.1, -0.05) is 0 Å². The lowest BCUT2D eigenvalue weighted by Crippen LogP contribution is -1.75. The van der Waals surface area contributed by atoms with Crippen LogP contribution in [0.1, 0.15) is 0 Å². The molecular weight excluding hydrogens is 335 g/mol. The van der Waals surface area contributed by atoms with Crippen molar-refractivity contribution >= 4 is 23.5 Å². The van der Waals surface area contributed by atoms with E-state index in [1.165, 1.54) is 13.1 Å². The van der Waals surface area contributed by atoms with Crippen molar-refractivity contribution in [2.45, 2.75) is 0 Å². The number of phosphoric acid groups is 3. The molecule has 13 nitrogen and oxygen atoms in total. The van der Waals surface area contributed by atoms with E-state index in [4.69, 9.17) is 57.7 Å². The molecule has 0 unspecified atom stereocenters. The molecule has 0 aromatic heterocycles. The van der Waals surface area contributed by atoms with Crippen molar-refractivity contribution < 1.29 is 57.7 Å². The molecule has 0 aromatic rings. The standard InChI is InChI=1S/C3H7N.3H3O4P/c1-4-2-3-4;3*1-5(2,3)4/h2-3H2,1H3;3*(H3,1,2,3,4). The molecule has 1 rings (SSSR count). The van der Waals surface area contributed by atoms with Gasteiger partial charge in [-0.05, 0) is 7.05 Å². The maximum Gasteiger partial charge on any atom is 0.466 e. The molecule has 0 aromatic carbocycles. The van der Waals surface area contributed by atoms with Crippen LogP contribution in [-0.2, 0) is 13.7 Å². The van der Waals surface area contributed by atoms with Gasteiger partial charge in [0.05, 0.1) is 0 Å². The highest BCUT2D eigenvalue weighted by atomic mass is 31.2. The summed E-state index contributed by atoms with van der Waals surface area (Å²) in [5.41, 5.74) is 0. The SMILES string of the molecule is CN1CC1.O=P(O)(O)O.O=P(O)(O)O.O=P(O)(O)O. The first-order valence-electron chi connectivity index (χ1n) is 3.93. The molecule has 1 aliphatic heterocycles. The normalized spacial score (nSPS) is 14.8. The Balaban J connectivity index is -0.000000180. The predicted octanol–water partition coefficient (Wildman–Crippen LogP) is -2.85. The van der Waals surface area contributed by atoms with E-state index in [0.717, 1.165) is 0 Å². The average molecular weight is 351 g/mol. The Labute approximate surface area is 107 Å². The van der Waals surface area contributed by atoms with Crippen LogP contribution in [0.4, 0.5) is 0 Å². The fourth-order valence-corrected chi connectivity index (χ4v) is 0.1000. The minimum absolute atomic E-state index is 1.32. The molecule has 0 radical (unpaired) electrons. The van der Waals surface area contributed by atoms with E-state index in [9.17, 15) is 0 Å². The molecule has 1 aliphatic rings. The van der Waals surface area contributed by atoms with Crippen LogP contribution in [0, 0.1) is 0 Å². The molecule has 0 bridgehead atoms. The van der Waals surface area contributed by atoms with Gasteiger partial charge in [0.15, 0.2) is 0 Å². The Morgan fingerprint density at radius 3 is 0.684 bits per heavy atom. The van der Waals surface area contributed by atoms with Gasteiger partial charge in [-0.2, -0.15) is 0 Å². The molecule has 1 fully saturated rings. The van der Waals surface area contributed by atoms with E-state index in [0.29, 0.717) is 0 Å². The second-order valence-electron chi connectivity index (χ2n) is 2.84. The van der Waals surface area contributed by atoms with E-state index >= 15 is 0 Å². The molecular formula is C3H16NO12P3. The van der Waals surface area contributed by atoms with Crippen LogP contribution in [0.2, 0.25) is 0 Å². The molecule has 19 heavy (non-hydrogen) atoms. The van der Waals surface area contributed by atoms with E-state index < -0.39 is 23.5 Å². The van der Waals surface area contributed by atoms with Gasteiger partial charge in [0.25, 0.3) is 0 Å². The Morgan fingerprint density at radius 1 is 0.632 bits per heavy atom. The summed E-state index contributed by atoms with van der Waals surface area (Å²) < 4.78 is 26.6. The summed E-state index contributed by atoms with van der Waals surface area (Å²) in [4.78, 5) is 66.9. The summed E-state index contributed by atoms with van der Waals surface area (Å²) in [6, 6.07) is 0. The summed E-state index contributed by atoms with van der Waals surface area (Å²) in [5.74, 6) is 0. The number of hydrogen-bond donors (Lipinski definition) is 9. The number of hydrogen-bond acceptors (Lipinski definition) is 4. The van der Waals surface area contributed by atoms with Crippen molar-refractivity contribution in [1.82, 2.24) is 4.90 Å². The number of likely N-dealkylation sites (N-methyl/N-ethyl adjacent to an activating group) is 1. The average Bonchev–Trinajstić information content (AvgIpc) is 2.57. The molecule has 120 valence electrons. The van der Waals surface area contributed by atoms with Gasteiger partial charge in [-0.3, -0.25) is 0 Å². The number of rotatable bonds is 0. The van der Waals surface area contributed by atoms with Gasteiger partial charge >= 0.3 is 23.5 Å². The summed E-state index contributed by atoms with van der Waals surface area (Å²) >= 11 is 0. The van der Waals surface area contributed by atoms with Gasteiger partial charge in [0.1, 0.15) is 0 Å². The van der Waals surface area contributed by atoms with Gasteiger partial charge in [-0.25, -0.2) is 13.7 Å². The van der Waals surface area contributed by atoms with E-state index in [2.05, 4.69) is 11.9 Å². The summed E-state index contributed by atoms with van der Waals surface area (Å²) in [5, 5.41) is 0. The third kappa shape index (κ3) is 448. The third-order valence-corrected chi connectivity index (χ3v) is 0.671. The molecule has 0 saturated carbocycles. The van der Waals surface area contributed by atoms with E-state index in [-0.39, 0.29) is 0 Å². The molecule has 1 saturated heterocycles. The summed E-state index contributed by atoms with van der Waals surface area (Å²) in [6.07, 6.45) is 0. The first kappa shape index (κ1) is 24.3. The highest BCUT2D eigenvalue weighted by Gasteiger charge is 2.07. The molecule has 0 atom stereocenters. The zero-order chi connectivity index (χ0) is 16.5. The fraction of sp³-hybridized carbons (Fsp3) is 1.00. The Bertz CT molecular complexity index is 275. The maximum atomic E-state index is 8.88. The monoisotopic (exact) mass is 351 g/mol. The third-order valence-electron chi connectivity index (χ3n) is 0.671. The summed E-state index contributed by atoms with van der Waals surface area (Å²) in [6.45, 7) is 2.64. The Hall–Kier alpha value is 0.290. The second kappa shape index (κ2) is 10.1. The highest BCUT2D eigenvalue weighted by Crippen LogP contribution is 2.26. The topological polar surface area (TPSA) is 236 Å². The van der Waals surface area contributed by atoms with Gasteiger partial charge in [0, 0.05) is 13.1 Å². The smallest absolute Gasteiger partial charge is 0.304 e. The first-order valence-corrected chi connectivity index (χ1v) is 8.62. The van der Waals surface area contributed by atoms with Crippen LogP contribution in [-0.4, -0.2) is 69.1 Å². The van der Waals surface area contributed by atoms with Crippen molar-refractivity contribution in [3.8, 4) is 0 Å². The molecule has 0 aliphatic carbocycles. The quantitative estimate of drug-likeness (QED) is 0.158. The van der Waals surface area contributed by atoms with Gasteiger partial charge < -0.3 is 48.9 Å². The predicted molar refractivity (Wildman–Crippen MR) is 60.3 cm³/mol. The zero-order valence-corrected chi connectivity index (χ0v) is 12.1. The minimum atomic E-state index is -4.64. The van der Waals surface area contributed by atoms with Gasteiger partial charge in [0.2, 0.25) is 0 Å². The Morgan fingerprint density at radius 2 is 0.684 bits per heavy atom. The molecule has 0 spiro atoms. The van der Waals surface area contributed by atoms with Crippen molar-refractivity contribution in [3.63, 3.8) is 0 Å². The van der Waals surface area contributed by atoms with Crippen LogP contribution in [0.25, 0.3) is 0 Å². The summed E-state index contributed by atoms with van der Waals surface area (Å²) in [7, 11) is -11.8. The van der Waals surface area contributed by atoms with Crippen LogP contribution in [0.15, 0.2) is 0 Å². The van der Waals surface area contributed by atoms with Crippen LogP contribution in [0.3, 0.4) is 0 Å². The van der Waals surface area contributed by atoms with Crippen LogP contribution in [0.5, 0.6) is 0 Å². The first-order chi connectivity index (χ1) is 7.89. The van der Waals surface area contributed by atoms with Crippen molar-refractivity contribution in [2.75, 3.05) is 20.1 Å². The van der Waals surface area contributed by atoms with E-state index in [1.807, 2.05) is 0 Å². The Kier molecular flexibility index (Phi) is 12.9. The lowest BCUT2D eigenvalue weighted by Gasteiger charge is -1.82. The fourth-order valence-electron chi connectivity index (χ4n) is 0.1000. The van der Waals surface area contributed by atoms with Crippen molar-refractivity contribution in [2.24, 2.45) is 0 Å². The maximum absolute atomic E-state index is 8.88. The van der Waals surface area contributed by atoms with Crippen LogP contribution >= 0.6 is 23.5 Å². The molecule has 16 heteroatoms. The minimum Gasteiger partial charge on any atom is -0.304 e. The van der Waals surface area contributed by atoms with Gasteiger partial charge in [-0.15, -0.1) is 0 Å². The molecule has 9 N–H and O–H groups in total. The lowest BCUT2D eigenvalue weighted by molar-refractivity contribution is 0.272. The molecule has 1 heterocycles. The van der Waals surface area contributed by atoms with Crippen molar-refractivity contribution in [3.05, 3.63) is 0 Å². The van der Waals surface area contributed by atoms with E-state index in [1.54, 1.807) is 0 Å². The highest BCUT2D eigenvalue weighted by molar-refractivity contribution is 7.45. The largest absolute Gasteiger partial charge is 0.466 e. The second-order valence-corrected chi connectivity index (χ2v) is 5.92. The lowest BCUT2D eigenvalue weighted by atomic mass is 11.0. The molecule has 0 amide bonds. The van der Waals surface area contributed by atoms with Crippen LogP contribution < -0.4 is 0 Å².